The highest BCUT2D eigenvalue weighted by molar-refractivity contribution is 7.17. The molecule has 6 heteroatoms. The molecule has 0 fully saturated rings. The van der Waals surface area contributed by atoms with Crippen molar-refractivity contribution in [3.8, 4) is 11.8 Å². The van der Waals surface area contributed by atoms with Gasteiger partial charge in [0.25, 0.3) is 0 Å². The summed E-state index contributed by atoms with van der Waals surface area (Å²) < 4.78 is 5.81. The summed E-state index contributed by atoms with van der Waals surface area (Å²) in [7, 11) is 0. The van der Waals surface area contributed by atoms with Crippen LogP contribution < -0.4 is 10.1 Å². The van der Waals surface area contributed by atoms with Crippen molar-refractivity contribution >= 4 is 40.6 Å². The Bertz CT molecular complexity index is 686. The molecule has 1 aromatic heterocycles. The first kappa shape index (κ1) is 15.1. The zero-order valence-electron chi connectivity index (χ0n) is 10.9. The van der Waals surface area contributed by atoms with E-state index in [2.05, 4.69) is 5.32 Å². The minimum Gasteiger partial charge on any atom is -0.479 e. The minimum atomic E-state index is -0.231. The molecule has 0 spiro atoms. The molecule has 0 radical (unpaired) electrons. The molecule has 1 amide bonds. The highest BCUT2D eigenvalue weighted by atomic mass is 35.5. The van der Waals surface area contributed by atoms with E-state index in [-0.39, 0.29) is 12.5 Å². The number of nitrogens with one attached hydrogen (secondary N) is 1. The quantitative estimate of drug-likeness (QED) is 0.849. The number of rotatable bonds is 5. The Morgan fingerprint density at radius 2 is 2.10 bits per heavy atom. The fourth-order valence-corrected chi connectivity index (χ4v) is 2.47. The molecular weight excluding hydrogens is 308 g/mol. The molecule has 2 rings (SSSR count). The largest absolute Gasteiger partial charge is 0.479 e. The molecule has 1 N–H and O–H groups in total. The Morgan fingerprint density at radius 1 is 1.33 bits per heavy atom. The average molecular weight is 319 g/mol. The van der Waals surface area contributed by atoms with Gasteiger partial charge in [-0.25, -0.2) is 0 Å². The van der Waals surface area contributed by atoms with E-state index in [0.717, 1.165) is 4.88 Å². The maximum absolute atomic E-state index is 11.7. The van der Waals surface area contributed by atoms with Crippen molar-refractivity contribution in [2.45, 2.75) is 0 Å². The Kier molecular flexibility index (Phi) is 5.38. The van der Waals surface area contributed by atoms with Crippen molar-refractivity contribution in [3.63, 3.8) is 0 Å². The van der Waals surface area contributed by atoms with Gasteiger partial charge in [-0.1, -0.05) is 11.6 Å². The van der Waals surface area contributed by atoms with Gasteiger partial charge in [0.2, 0.25) is 5.91 Å². The van der Waals surface area contributed by atoms with Gasteiger partial charge in [0.1, 0.15) is 11.8 Å². The Balaban J connectivity index is 1.90. The number of amides is 1. The summed E-state index contributed by atoms with van der Waals surface area (Å²) in [4.78, 5) is 12.7. The third-order valence-corrected chi connectivity index (χ3v) is 3.61. The Labute approximate surface area is 131 Å². The van der Waals surface area contributed by atoms with E-state index in [1.165, 1.54) is 17.4 Å². The number of nitriles is 1. The summed E-state index contributed by atoms with van der Waals surface area (Å²) >= 11 is 7.21. The highest BCUT2D eigenvalue weighted by Crippen LogP contribution is 2.22. The maximum Gasteiger partial charge on any atom is 0.248 e. The van der Waals surface area contributed by atoms with E-state index in [4.69, 9.17) is 21.6 Å². The molecule has 0 saturated carbocycles. The van der Waals surface area contributed by atoms with Crippen LogP contribution in [0.2, 0.25) is 4.34 Å². The molecule has 0 unspecified atom stereocenters. The Hall–Kier alpha value is -2.29. The second kappa shape index (κ2) is 7.48. The lowest BCUT2D eigenvalue weighted by Crippen LogP contribution is -2.07. The van der Waals surface area contributed by atoms with Crippen LogP contribution in [0.5, 0.6) is 5.75 Å². The molecule has 0 bridgehead atoms. The van der Waals surface area contributed by atoms with Gasteiger partial charge in [-0.15, -0.1) is 11.3 Å². The van der Waals surface area contributed by atoms with Crippen molar-refractivity contribution < 1.29 is 9.53 Å². The predicted molar refractivity (Wildman–Crippen MR) is 84.5 cm³/mol. The number of nitrogens with zero attached hydrogens (tertiary/aromatic N) is 1. The molecule has 0 atom stereocenters. The van der Waals surface area contributed by atoms with Crippen LogP contribution >= 0.6 is 22.9 Å². The van der Waals surface area contributed by atoms with Crippen LogP contribution in [0.15, 0.2) is 42.5 Å². The number of carbonyl (C=O) groups excluding carboxylic acids is 1. The third-order valence-electron chi connectivity index (χ3n) is 2.42. The van der Waals surface area contributed by atoms with Crippen molar-refractivity contribution in [3.05, 3.63) is 51.7 Å². The number of anilines is 1. The number of benzene rings is 1. The predicted octanol–water partition coefficient (Wildman–Crippen LogP) is 3.96. The SMILES string of the molecule is N#CCOc1ccc(NC(=O)/C=C/c2ccc(Cl)s2)cc1. The van der Waals surface area contributed by atoms with Gasteiger partial charge >= 0.3 is 0 Å². The summed E-state index contributed by atoms with van der Waals surface area (Å²) in [6.45, 7) is -0.00217. The monoisotopic (exact) mass is 318 g/mol. The number of carbonyl (C=O) groups is 1. The van der Waals surface area contributed by atoms with Crippen molar-refractivity contribution in [2.24, 2.45) is 0 Å². The summed E-state index contributed by atoms with van der Waals surface area (Å²) in [6, 6.07) is 12.3. The molecule has 0 aliphatic carbocycles. The number of thiophene rings is 1. The number of hydrogen-bond donors (Lipinski definition) is 1. The number of ether oxygens (including phenoxy) is 1. The zero-order valence-corrected chi connectivity index (χ0v) is 12.4. The van der Waals surface area contributed by atoms with Crippen molar-refractivity contribution in [1.29, 1.82) is 5.26 Å². The first-order chi connectivity index (χ1) is 10.2. The first-order valence-electron chi connectivity index (χ1n) is 6.01. The van der Waals surface area contributed by atoms with E-state index in [0.29, 0.717) is 15.8 Å². The minimum absolute atomic E-state index is 0.00217. The molecule has 0 aliphatic rings. The lowest BCUT2D eigenvalue weighted by atomic mass is 10.3. The van der Waals surface area contributed by atoms with E-state index in [1.807, 2.05) is 12.1 Å². The number of hydrogen-bond acceptors (Lipinski definition) is 4. The second-order valence-corrected chi connectivity index (χ2v) is 5.68. The third kappa shape index (κ3) is 4.95. The topological polar surface area (TPSA) is 62.1 Å². The smallest absolute Gasteiger partial charge is 0.248 e. The molecule has 106 valence electrons. The van der Waals surface area contributed by atoms with Crippen LogP contribution in [0.1, 0.15) is 4.88 Å². The zero-order chi connectivity index (χ0) is 15.1. The van der Waals surface area contributed by atoms with E-state index in [9.17, 15) is 4.79 Å². The standard InChI is InChI=1S/C15H11ClN2O2S/c16-14-7-5-13(21-14)6-8-15(19)18-11-1-3-12(4-2-11)20-10-9-17/h1-8H,10H2,(H,18,19)/b8-6+. The van der Waals surface area contributed by atoms with Crippen LogP contribution in [0.4, 0.5) is 5.69 Å². The summed E-state index contributed by atoms with van der Waals surface area (Å²) in [5.74, 6) is 0.350. The molecule has 0 aliphatic heterocycles. The van der Waals surface area contributed by atoms with Gasteiger partial charge in [0.05, 0.1) is 4.34 Å². The summed E-state index contributed by atoms with van der Waals surface area (Å²) in [5, 5.41) is 11.1. The molecule has 0 saturated heterocycles. The molecule has 2 aromatic rings. The fraction of sp³-hybridized carbons (Fsp3) is 0.0667. The lowest BCUT2D eigenvalue weighted by Gasteiger charge is -2.04. The lowest BCUT2D eigenvalue weighted by molar-refractivity contribution is -0.111. The van der Waals surface area contributed by atoms with Crippen LogP contribution in [0.3, 0.4) is 0 Å². The fourth-order valence-electron chi connectivity index (χ4n) is 1.51. The van der Waals surface area contributed by atoms with Gasteiger partial charge in [-0.2, -0.15) is 5.26 Å². The van der Waals surface area contributed by atoms with Gasteiger partial charge in [0, 0.05) is 16.6 Å². The average Bonchev–Trinajstić information content (AvgIpc) is 2.90. The molecule has 4 nitrogen and oxygen atoms in total. The molecule has 1 heterocycles. The number of halogens is 1. The Morgan fingerprint density at radius 3 is 2.71 bits per heavy atom. The van der Waals surface area contributed by atoms with Crippen molar-refractivity contribution in [2.75, 3.05) is 11.9 Å². The second-order valence-electron chi connectivity index (χ2n) is 3.94. The van der Waals surface area contributed by atoms with Crippen LogP contribution in [-0.2, 0) is 4.79 Å². The van der Waals surface area contributed by atoms with Crippen LogP contribution in [-0.4, -0.2) is 12.5 Å². The first-order valence-corrected chi connectivity index (χ1v) is 7.21. The normalized spacial score (nSPS) is 10.3. The van der Waals surface area contributed by atoms with Crippen LogP contribution in [0, 0.1) is 11.3 Å². The maximum atomic E-state index is 11.7. The summed E-state index contributed by atoms with van der Waals surface area (Å²) in [6.07, 6.45) is 3.15. The van der Waals surface area contributed by atoms with Crippen molar-refractivity contribution in [1.82, 2.24) is 0 Å². The van der Waals surface area contributed by atoms with Gasteiger partial charge < -0.3 is 10.1 Å². The molecule has 21 heavy (non-hydrogen) atoms. The van der Waals surface area contributed by atoms with Gasteiger partial charge in [-0.3, -0.25) is 4.79 Å². The van der Waals surface area contributed by atoms with Crippen LogP contribution in [0.25, 0.3) is 6.08 Å². The van der Waals surface area contributed by atoms with E-state index in [1.54, 1.807) is 36.4 Å². The molecule has 1 aromatic carbocycles. The van der Waals surface area contributed by atoms with Gasteiger partial charge in [0.15, 0.2) is 6.61 Å². The highest BCUT2D eigenvalue weighted by Gasteiger charge is 2.00. The van der Waals surface area contributed by atoms with Gasteiger partial charge in [-0.05, 0) is 42.5 Å². The molecular formula is C15H11ClN2O2S. The van der Waals surface area contributed by atoms with E-state index >= 15 is 0 Å². The van der Waals surface area contributed by atoms with E-state index < -0.39 is 0 Å². The summed E-state index contributed by atoms with van der Waals surface area (Å²) in [5.41, 5.74) is 0.651.